The third-order valence-corrected chi connectivity index (χ3v) is 9.30. The molecule has 4 fully saturated rings. The average molecular weight is 577 g/mol. The van der Waals surface area contributed by atoms with Crippen molar-refractivity contribution in [2.45, 2.75) is 144 Å². The minimum absolute atomic E-state index is 0.0775. The third kappa shape index (κ3) is 6.96. The third-order valence-electron chi connectivity index (χ3n) is 9.30. The molecule has 0 spiro atoms. The molecule has 0 amide bonds. The monoisotopic (exact) mass is 576 g/mol. The van der Waals surface area contributed by atoms with Crippen molar-refractivity contribution >= 4 is 5.84 Å². The first kappa shape index (κ1) is 31.9. The van der Waals surface area contributed by atoms with Gasteiger partial charge in [-0.3, -0.25) is 9.80 Å². The number of rotatable bonds is 10. The molecule has 2 heterocycles. The van der Waals surface area contributed by atoms with E-state index in [4.69, 9.17) is 35.8 Å². The molecule has 10 N–H and O–H groups in total. The Morgan fingerprint density at radius 1 is 1.05 bits per heavy atom. The average Bonchev–Trinajstić information content (AvgIpc) is 2.89. The van der Waals surface area contributed by atoms with E-state index in [0.717, 1.165) is 12.8 Å². The van der Waals surface area contributed by atoms with Crippen molar-refractivity contribution in [3.05, 3.63) is 0 Å². The SMILES string of the molecule is C[C@@H]1C(O)[C@@H](OC2C(O)C(O[C@H]3O[C@H](CCCCF)CCC3N)[C@@H](N)C[C@H]2NC(=N)C2(O)CCC2)OCC1(C)O. The van der Waals surface area contributed by atoms with E-state index < -0.39 is 72.2 Å². The van der Waals surface area contributed by atoms with Crippen LogP contribution in [0, 0.1) is 11.3 Å². The number of aliphatic hydroxyl groups is 4. The number of ether oxygens (including phenoxy) is 4. The van der Waals surface area contributed by atoms with E-state index in [-0.39, 0.29) is 31.6 Å². The second-order valence-corrected chi connectivity index (χ2v) is 12.5. The predicted octanol–water partition coefficient (Wildman–Crippen LogP) is -0.224. The van der Waals surface area contributed by atoms with E-state index in [9.17, 15) is 24.8 Å². The van der Waals surface area contributed by atoms with Crippen LogP contribution in [0.1, 0.15) is 71.6 Å². The molecule has 13 heteroatoms. The Morgan fingerprint density at radius 3 is 2.40 bits per heavy atom. The van der Waals surface area contributed by atoms with E-state index >= 15 is 0 Å². The number of hydrogen-bond donors (Lipinski definition) is 8. The van der Waals surface area contributed by atoms with E-state index in [1.54, 1.807) is 13.8 Å². The molecule has 2 saturated heterocycles. The van der Waals surface area contributed by atoms with E-state index in [1.807, 2.05) is 0 Å². The molecule has 4 rings (SSSR count). The Kier molecular flexibility index (Phi) is 10.5. The largest absolute Gasteiger partial charge is 0.388 e. The van der Waals surface area contributed by atoms with Gasteiger partial charge in [0.1, 0.15) is 35.9 Å². The summed E-state index contributed by atoms with van der Waals surface area (Å²) in [6.45, 7) is 2.79. The van der Waals surface area contributed by atoms with E-state index in [0.29, 0.717) is 38.5 Å². The normalized spacial score (nSPS) is 45.5. The zero-order valence-corrected chi connectivity index (χ0v) is 23.6. The molecular formula is C27H49FN4O8. The first-order chi connectivity index (χ1) is 18.9. The maximum atomic E-state index is 12.6. The first-order valence-corrected chi connectivity index (χ1v) is 14.7. The van der Waals surface area contributed by atoms with E-state index in [1.165, 1.54) is 0 Å². The summed E-state index contributed by atoms with van der Waals surface area (Å²) in [4.78, 5) is 0. The highest BCUT2D eigenvalue weighted by Crippen LogP contribution is 2.36. The molecule has 0 aromatic rings. The van der Waals surface area contributed by atoms with Gasteiger partial charge in [0.2, 0.25) is 0 Å². The molecule has 0 aromatic heterocycles. The molecule has 6 unspecified atom stereocenters. The van der Waals surface area contributed by atoms with Crippen molar-refractivity contribution in [3.8, 4) is 0 Å². The molecule has 12 nitrogen and oxygen atoms in total. The molecule has 2 saturated carbocycles. The molecule has 12 atom stereocenters. The quantitative estimate of drug-likeness (QED) is 0.0969. The number of halogens is 1. The number of alkyl halides is 1. The Bertz CT molecular complexity index is 851. The molecule has 2 aliphatic heterocycles. The lowest BCUT2D eigenvalue weighted by Gasteiger charge is -2.49. The van der Waals surface area contributed by atoms with Crippen LogP contribution in [0.4, 0.5) is 4.39 Å². The van der Waals surface area contributed by atoms with Gasteiger partial charge in [0.05, 0.1) is 37.1 Å². The number of aliphatic hydroxyl groups excluding tert-OH is 2. The summed E-state index contributed by atoms with van der Waals surface area (Å²) in [5.74, 6) is -0.657. The topological polar surface area (TPSA) is 206 Å². The van der Waals surface area contributed by atoms with Crippen LogP contribution in [-0.4, -0.2) is 112 Å². The van der Waals surface area contributed by atoms with Crippen molar-refractivity contribution in [2.24, 2.45) is 17.4 Å². The lowest BCUT2D eigenvalue weighted by Crippen LogP contribution is -2.68. The van der Waals surface area contributed by atoms with Gasteiger partial charge in [0, 0.05) is 12.0 Å². The van der Waals surface area contributed by atoms with Crippen molar-refractivity contribution in [3.63, 3.8) is 0 Å². The molecule has 0 radical (unpaired) electrons. The number of nitrogens with one attached hydrogen (secondary N) is 2. The van der Waals surface area contributed by atoms with Gasteiger partial charge in [-0.25, -0.2) is 0 Å². The van der Waals surface area contributed by atoms with Crippen LogP contribution in [-0.2, 0) is 18.9 Å². The van der Waals surface area contributed by atoms with Crippen molar-refractivity contribution in [1.29, 1.82) is 5.41 Å². The van der Waals surface area contributed by atoms with Crippen LogP contribution in [0.25, 0.3) is 0 Å². The Hall–Kier alpha value is -1.00. The van der Waals surface area contributed by atoms with Gasteiger partial charge in [0.15, 0.2) is 12.6 Å². The zero-order valence-electron chi connectivity index (χ0n) is 23.6. The van der Waals surface area contributed by atoms with E-state index in [2.05, 4.69) is 5.32 Å². The van der Waals surface area contributed by atoms with Crippen LogP contribution in [0.5, 0.6) is 0 Å². The van der Waals surface area contributed by atoms with Crippen molar-refractivity contribution in [2.75, 3.05) is 13.3 Å². The second-order valence-electron chi connectivity index (χ2n) is 12.5. The Balaban J connectivity index is 1.49. The van der Waals surface area contributed by atoms with Gasteiger partial charge in [-0.1, -0.05) is 6.92 Å². The summed E-state index contributed by atoms with van der Waals surface area (Å²) in [6, 6.07) is -1.85. The fourth-order valence-electron chi connectivity index (χ4n) is 6.02. The Labute approximate surface area is 235 Å². The van der Waals surface area contributed by atoms with Crippen LogP contribution < -0.4 is 16.8 Å². The highest BCUT2D eigenvalue weighted by Gasteiger charge is 2.52. The fraction of sp³-hybridized carbons (Fsp3) is 0.963. The Morgan fingerprint density at radius 2 is 1.75 bits per heavy atom. The van der Waals surface area contributed by atoms with Crippen LogP contribution >= 0.6 is 0 Å². The minimum Gasteiger partial charge on any atom is -0.388 e. The summed E-state index contributed by atoms with van der Waals surface area (Å²) < 4.78 is 36.7. The van der Waals surface area contributed by atoms with Gasteiger partial charge in [-0.05, 0) is 64.7 Å². The van der Waals surface area contributed by atoms with Crippen LogP contribution in [0.2, 0.25) is 0 Å². The maximum absolute atomic E-state index is 12.6. The number of unbranched alkanes of at least 4 members (excludes halogenated alkanes) is 1. The smallest absolute Gasteiger partial charge is 0.184 e. The standard InChI is InChI=1S/C27H49FN4O8/c1-14-19(33)24(37-13-26(14,2)35)40-22-18(32-25(31)27(36)9-5-10-27)12-17(30)21(20(22)34)39-23-16(29)8-7-15(38-23)6-3-4-11-28/h14-24,33-36H,3-13,29-30H2,1-2H3,(H2,31,32)/t14-,15-,16?,17+,18-,19?,20?,21?,22?,23-,24-,26?/m1/s1. The summed E-state index contributed by atoms with van der Waals surface area (Å²) in [5, 5.41) is 55.1. The number of nitrogens with two attached hydrogens (primary N) is 2. The predicted molar refractivity (Wildman–Crippen MR) is 143 cm³/mol. The minimum atomic E-state index is -1.33. The summed E-state index contributed by atoms with van der Waals surface area (Å²) >= 11 is 0. The van der Waals surface area contributed by atoms with Crippen LogP contribution in [0.3, 0.4) is 0 Å². The summed E-state index contributed by atoms with van der Waals surface area (Å²) in [6.07, 6.45) is -1.54. The first-order valence-electron chi connectivity index (χ1n) is 14.7. The van der Waals surface area contributed by atoms with Crippen molar-refractivity contribution in [1.82, 2.24) is 5.32 Å². The fourth-order valence-corrected chi connectivity index (χ4v) is 6.02. The van der Waals surface area contributed by atoms with Gasteiger partial charge in [-0.15, -0.1) is 0 Å². The molecule has 4 aliphatic rings. The number of amidine groups is 1. The molecule has 0 bridgehead atoms. The highest BCUT2D eigenvalue weighted by molar-refractivity contribution is 5.88. The van der Waals surface area contributed by atoms with Gasteiger partial charge >= 0.3 is 0 Å². The lowest BCUT2D eigenvalue weighted by molar-refractivity contribution is -0.314. The van der Waals surface area contributed by atoms with Crippen molar-refractivity contribution < 1.29 is 43.8 Å². The number of hydrogen-bond acceptors (Lipinski definition) is 11. The molecule has 232 valence electrons. The van der Waals surface area contributed by atoms with Gasteiger partial charge < -0.3 is 56.2 Å². The van der Waals surface area contributed by atoms with Gasteiger partial charge in [0.25, 0.3) is 0 Å². The highest BCUT2D eigenvalue weighted by atomic mass is 19.1. The lowest BCUT2D eigenvalue weighted by atomic mass is 9.78. The molecule has 2 aliphatic carbocycles. The molecule has 0 aromatic carbocycles. The second kappa shape index (κ2) is 13.1. The summed E-state index contributed by atoms with van der Waals surface area (Å²) in [5.41, 5.74) is 10.3. The summed E-state index contributed by atoms with van der Waals surface area (Å²) in [7, 11) is 0. The zero-order chi connectivity index (χ0) is 29.2. The van der Waals surface area contributed by atoms with Gasteiger partial charge in [-0.2, -0.15) is 0 Å². The maximum Gasteiger partial charge on any atom is 0.184 e. The molecule has 40 heavy (non-hydrogen) atoms. The molecular weight excluding hydrogens is 527 g/mol. The van der Waals surface area contributed by atoms with Crippen LogP contribution in [0.15, 0.2) is 0 Å².